The summed E-state index contributed by atoms with van der Waals surface area (Å²) in [7, 11) is 0. The van der Waals surface area contributed by atoms with Crippen molar-refractivity contribution in [2.45, 2.75) is 38.6 Å². The maximum atomic E-state index is 10.8. The SMILES string of the molecule is CC(=O)NC1(C)C=CCCC1. The van der Waals surface area contributed by atoms with Crippen LogP contribution in [-0.2, 0) is 4.79 Å². The Morgan fingerprint density at radius 1 is 1.64 bits per heavy atom. The third-order valence-corrected chi connectivity index (χ3v) is 2.01. The van der Waals surface area contributed by atoms with Crippen LogP contribution in [0.1, 0.15) is 33.1 Å². The predicted molar refractivity (Wildman–Crippen MR) is 45.2 cm³/mol. The van der Waals surface area contributed by atoms with Crippen LogP contribution in [0.2, 0.25) is 0 Å². The van der Waals surface area contributed by atoms with Crippen LogP contribution in [0.25, 0.3) is 0 Å². The number of carbonyl (C=O) groups is 1. The lowest BCUT2D eigenvalue weighted by Gasteiger charge is -2.29. The van der Waals surface area contributed by atoms with Crippen molar-refractivity contribution >= 4 is 5.91 Å². The molecule has 2 heteroatoms. The van der Waals surface area contributed by atoms with E-state index in [0.717, 1.165) is 12.8 Å². The van der Waals surface area contributed by atoms with E-state index in [4.69, 9.17) is 0 Å². The van der Waals surface area contributed by atoms with Gasteiger partial charge in [-0.25, -0.2) is 0 Å². The van der Waals surface area contributed by atoms with Crippen LogP contribution in [0.3, 0.4) is 0 Å². The zero-order valence-corrected chi connectivity index (χ0v) is 7.18. The Morgan fingerprint density at radius 2 is 2.36 bits per heavy atom. The fraction of sp³-hybridized carbons (Fsp3) is 0.667. The smallest absolute Gasteiger partial charge is 0.217 e. The van der Waals surface area contributed by atoms with Gasteiger partial charge in [-0.05, 0) is 26.2 Å². The van der Waals surface area contributed by atoms with Gasteiger partial charge in [-0.15, -0.1) is 0 Å². The summed E-state index contributed by atoms with van der Waals surface area (Å²) in [5.41, 5.74) is -0.0793. The molecule has 0 aromatic heterocycles. The molecule has 0 saturated heterocycles. The van der Waals surface area contributed by atoms with Gasteiger partial charge in [0.2, 0.25) is 5.91 Å². The number of amides is 1. The molecule has 0 heterocycles. The Kier molecular flexibility index (Phi) is 2.32. The van der Waals surface area contributed by atoms with Crippen molar-refractivity contribution in [2.75, 3.05) is 0 Å². The molecule has 62 valence electrons. The van der Waals surface area contributed by atoms with E-state index in [9.17, 15) is 4.79 Å². The average molecular weight is 153 g/mol. The Balaban J connectivity index is 2.57. The molecule has 0 saturated carbocycles. The monoisotopic (exact) mass is 153 g/mol. The first kappa shape index (κ1) is 8.31. The fourth-order valence-electron chi connectivity index (χ4n) is 1.52. The minimum atomic E-state index is -0.0793. The Morgan fingerprint density at radius 3 is 2.82 bits per heavy atom. The van der Waals surface area contributed by atoms with Crippen molar-refractivity contribution in [1.82, 2.24) is 5.32 Å². The maximum Gasteiger partial charge on any atom is 0.217 e. The van der Waals surface area contributed by atoms with Gasteiger partial charge in [0.25, 0.3) is 0 Å². The molecule has 0 radical (unpaired) electrons. The fourth-order valence-corrected chi connectivity index (χ4v) is 1.52. The number of rotatable bonds is 1. The minimum Gasteiger partial charge on any atom is -0.348 e. The topological polar surface area (TPSA) is 29.1 Å². The summed E-state index contributed by atoms with van der Waals surface area (Å²) in [6.45, 7) is 3.62. The van der Waals surface area contributed by atoms with Crippen molar-refractivity contribution in [1.29, 1.82) is 0 Å². The summed E-state index contributed by atoms with van der Waals surface area (Å²) >= 11 is 0. The van der Waals surface area contributed by atoms with Crippen molar-refractivity contribution in [3.8, 4) is 0 Å². The molecule has 0 aliphatic heterocycles. The van der Waals surface area contributed by atoms with E-state index in [2.05, 4.69) is 24.4 Å². The van der Waals surface area contributed by atoms with Gasteiger partial charge in [-0.3, -0.25) is 4.79 Å². The molecule has 1 N–H and O–H groups in total. The number of hydrogen-bond acceptors (Lipinski definition) is 1. The average Bonchev–Trinajstić information content (AvgIpc) is 1.85. The maximum absolute atomic E-state index is 10.8. The van der Waals surface area contributed by atoms with Crippen LogP contribution in [0.5, 0.6) is 0 Å². The number of hydrogen-bond donors (Lipinski definition) is 1. The first-order valence-electron chi connectivity index (χ1n) is 4.09. The van der Waals surface area contributed by atoms with Crippen LogP contribution in [0, 0.1) is 0 Å². The van der Waals surface area contributed by atoms with Gasteiger partial charge in [0, 0.05) is 6.92 Å². The lowest BCUT2D eigenvalue weighted by molar-refractivity contribution is -0.120. The van der Waals surface area contributed by atoms with Gasteiger partial charge in [-0.1, -0.05) is 12.2 Å². The second-order valence-corrected chi connectivity index (χ2v) is 3.39. The first-order chi connectivity index (χ1) is 5.12. The molecule has 2 nitrogen and oxygen atoms in total. The molecule has 0 aromatic carbocycles. The molecule has 1 aliphatic carbocycles. The Labute approximate surface area is 67.7 Å². The molecule has 1 unspecified atom stereocenters. The summed E-state index contributed by atoms with van der Waals surface area (Å²) in [6.07, 6.45) is 7.61. The summed E-state index contributed by atoms with van der Waals surface area (Å²) in [5, 5.41) is 2.93. The first-order valence-corrected chi connectivity index (χ1v) is 4.09. The van der Waals surface area contributed by atoms with Gasteiger partial charge in [0.05, 0.1) is 5.54 Å². The van der Waals surface area contributed by atoms with E-state index in [1.807, 2.05) is 0 Å². The molecule has 1 aliphatic rings. The van der Waals surface area contributed by atoms with Gasteiger partial charge < -0.3 is 5.32 Å². The number of allylic oxidation sites excluding steroid dienone is 1. The van der Waals surface area contributed by atoms with Crippen LogP contribution < -0.4 is 5.32 Å². The largest absolute Gasteiger partial charge is 0.348 e. The second-order valence-electron chi connectivity index (χ2n) is 3.39. The molecule has 11 heavy (non-hydrogen) atoms. The molecule has 1 atom stereocenters. The van der Waals surface area contributed by atoms with Gasteiger partial charge in [-0.2, -0.15) is 0 Å². The third-order valence-electron chi connectivity index (χ3n) is 2.01. The van der Waals surface area contributed by atoms with E-state index in [0.29, 0.717) is 0 Å². The van der Waals surface area contributed by atoms with Gasteiger partial charge in [0.1, 0.15) is 0 Å². The van der Waals surface area contributed by atoms with E-state index >= 15 is 0 Å². The van der Waals surface area contributed by atoms with Crippen LogP contribution >= 0.6 is 0 Å². The molecular formula is C9H15NO. The van der Waals surface area contributed by atoms with Gasteiger partial charge >= 0.3 is 0 Å². The highest BCUT2D eigenvalue weighted by Gasteiger charge is 2.22. The Hall–Kier alpha value is -0.790. The molecule has 0 aromatic rings. The summed E-state index contributed by atoms with van der Waals surface area (Å²) < 4.78 is 0. The third kappa shape index (κ3) is 2.37. The predicted octanol–water partition coefficient (Wildman–Crippen LogP) is 1.62. The van der Waals surface area contributed by atoms with E-state index in [1.54, 1.807) is 6.92 Å². The van der Waals surface area contributed by atoms with Crippen LogP contribution in [0.4, 0.5) is 0 Å². The zero-order valence-electron chi connectivity index (χ0n) is 7.18. The highest BCUT2D eigenvalue weighted by Crippen LogP contribution is 2.20. The lowest BCUT2D eigenvalue weighted by Crippen LogP contribution is -2.44. The minimum absolute atomic E-state index is 0.0547. The molecule has 1 amide bonds. The van der Waals surface area contributed by atoms with Crippen LogP contribution in [0.15, 0.2) is 12.2 Å². The van der Waals surface area contributed by atoms with E-state index in [1.165, 1.54) is 6.42 Å². The summed E-state index contributed by atoms with van der Waals surface area (Å²) in [5.74, 6) is 0.0547. The zero-order chi connectivity index (χ0) is 8.32. The highest BCUT2D eigenvalue weighted by molar-refractivity contribution is 5.74. The van der Waals surface area contributed by atoms with E-state index < -0.39 is 0 Å². The Bertz CT molecular complexity index is 186. The summed E-state index contributed by atoms with van der Waals surface area (Å²) in [4.78, 5) is 10.8. The standard InChI is InChI=1S/C9H15NO/c1-8(11)10-9(2)6-4-3-5-7-9/h4,6H,3,5,7H2,1-2H3,(H,10,11). The highest BCUT2D eigenvalue weighted by atomic mass is 16.1. The van der Waals surface area contributed by atoms with Gasteiger partial charge in [0.15, 0.2) is 0 Å². The quantitative estimate of drug-likeness (QED) is 0.570. The van der Waals surface area contributed by atoms with Crippen molar-refractivity contribution in [3.05, 3.63) is 12.2 Å². The number of nitrogens with one attached hydrogen (secondary N) is 1. The van der Waals surface area contributed by atoms with Crippen molar-refractivity contribution in [2.24, 2.45) is 0 Å². The summed E-state index contributed by atoms with van der Waals surface area (Å²) in [6, 6.07) is 0. The molecular weight excluding hydrogens is 138 g/mol. The molecule has 1 rings (SSSR count). The van der Waals surface area contributed by atoms with Crippen molar-refractivity contribution < 1.29 is 4.79 Å². The van der Waals surface area contributed by atoms with E-state index in [-0.39, 0.29) is 11.4 Å². The van der Waals surface area contributed by atoms with Crippen LogP contribution in [-0.4, -0.2) is 11.4 Å². The lowest BCUT2D eigenvalue weighted by atomic mass is 9.89. The van der Waals surface area contributed by atoms with Crippen molar-refractivity contribution in [3.63, 3.8) is 0 Å². The number of carbonyl (C=O) groups excluding carboxylic acids is 1. The molecule has 0 fully saturated rings. The molecule has 0 bridgehead atoms. The molecule has 0 spiro atoms. The second kappa shape index (κ2) is 3.07. The normalized spacial score (nSPS) is 30.0.